The number of carbonyl (C=O) groups is 1. The normalized spacial score (nSPS) is 16.1. The Morgan fingerprint density at radius 2 is 1.90 bits per heavy atom. The van der Waals surface area contributed by atoms with Gasteiger partial charge in [-0.15, -0.1) is 0 Å². The highest BCUT2D eigenvalue weighted by Crippen LogP contribution is 2.39. The van der Waals surface area contributed by atoms with E-state index in [1.807, 2.05) is 49.4 Å². The van der Waals surface area contributed by atoms with Crippen LogP contribution in [0.1, 0.15) is 36.2 Å². The van der Waals surface area contributed by atoms with Crippen LogP contribution >= 0.6 is 0 Å². The molecule has 2 heterocycles. The van der Waals surface area contributed by atoms with Gasteiger partial charge < -0.3 is 9.47 Å². The SMILES string of the molecule is COc1ccc(OC)c(C2CC(c3cc4ccccc4nc3C)=NN2C(C)=O)c1. The molecule has 0 saturated carbocycles. The first-order chi connectivity index (χ1) is 14.0. The molecule has 1 aliphatic heterocycles. The number of fused-ring (bicyclic) bond motifs is 1. The molecule has 4 rings (SSSR count). The first-order valence-corrected chi connectivity index (χ1v) is 9.47. The highest BCUT2D eigenvalue weighted by molar-refractivity contribution is 6.05. The number of aryl methyl sites for hydroxylation is 1. The van der Waals surface area contributed by atoms with E-state index in [1.54, 1.807) is 14.2 Å². The van der Waals surface area contributed by atoms with Crippen LogP contribution in [0.2, 0.25) is 0 Å². The van der Waals surface area contributed by atoms with Crippen LogP contribution in [0.3, 0.4) is 0 Å². The number of ether oxygens (including phenoxy) is 2. The summed E-state index contributed by atoms with van der Waals surface area (Å²) in [6.07, 6.45) is 0.573. The van der Waals surface area contributed by atoms with Crippen molar-refractivity contribution in [1.82, 2.24) is 9.99 Å². The van der Waals surface area contributed by atoms with Crippen molar-refractivity contribution in [1.29, 1.82) is 0 Å². The lowest BCUT2D eigenvalue weighted by Crippen LogP contribution is -2.24. The number of carbonyl (C=O) groups excluding carboxylic acids is 1. The predicted molar refractivity (Wildman–Crippen MR) is 112 cm³/mol. The molecule has 0 radical (unpaired) electrons. The number of methoxy groups -OCH3 is 2. The van der Waals surface area contributed by atoms with Crippen LogP contribution in [0, 0.1) is 6.92 Å². The maximum Gasteiger partial charge on any atom is 0.240 e. The second-order valence-electron chi connectivity index (χ2n) is 7.05. The lowest BCUT2D eigenvalue weighted by Gasteiger charge is -2.22. The zero-order valence-electron chi connectivity index (χ0n) is 17.0. The lowest BCUT2D eigenvalue weighted by atomic mass is 9.96. The van der Waals surface area contributed by atoms with Crippen molar-refractivity contribution in [3.63, 3.8) is 0 Å². The Bertz CT molecular complexity index is 1120. The number of hydrazone groups is 1. The zero-order valence-corrected chi connectivity index (χ0v) is 17.0. The Balaban J connectivity index is 1.78. The fraction of sp³-hybridized carbons (Fsp3) is 0.261. The number of pyridine rings is 1. The summed E-state index contributed by atoms with van der Waals surface area (Å²) >= 11 is 0. The van der Waals surface area contributed by atoms with E-state index in [2.05, 4.69) is 11.2 Å². The van der Waals surface area contributed by atoms with Gasteiger partial charge in [0.2, 0.25) is 5.91 Å². The van der Waals surface area contributed by atoms with Crippen molar-refractivity contribution in [3.8, 4) is 11.5 Å². The molecule has 0 aliphatic carbocycles. The van der Waals surface area contributed by atoms with Crippen molar-refractivity contribution in [2.45, 2.75) is 26.3 Å². The molecule has 0 spiro atoms. The van der Waals surface area contributed by atoms with Gasteiger partial charge in [-0.1, -0.05) is 18.2 Å². The van der Waals surface area contributed by atoms with Crippen LogP contribution in [-0.4, -0.2) is 35.8 Å². The highest BCUT2D eigenvalue weighted by Gasteiger charge is 2.34. The van der Waals surface area contributed by atoms with E-state index in [0.29, 0.717) is 17.9 Å². The fourth-order valence-electron chi connectivity index (χ4n) is 3.81. The summed E-state index contributed by atoms with van der Waals surface area (Å²) < 4.78 is 10.9. The van der Waals surface area contributed by atoms with E-state index < -0.39 is 0 Å². The van der Waals surface area contributed by atoms with Crippen LogP contribution in [0.15, 0.2) is 53.6 Å². The topological polar surface area (TPSA) is 64.0 Å². The Morgan fingerprint density at radius 1 is 1.10 bits per heavy atom. The number of rotatable bonds is 4. The molecule has 1 aromatic heterocycles. The van der Waals surface area contributed by atoms with Gasteiger partial charge in [-0.2, -0.15) is 5.10 Å². The molecule has 1 aliphatic rings. The summed E-state index contributed by atoms with van der Waals surface area (Å²) in [5, 5.41) is 7.26. The van der Waals surface area contributed by atoms with Gasteiger partial charge in [0.05, 0.1) is 31.5 Å². The van der Waals surface area contributed by atoms with Gasteiger partial charge in [-0.05, 0) is 37.3 Å². The van der Waals surface area contributed by atoms with Gasteiger partial charge in [0.25, 0.3) is 0 Å². The average molecular weight is 389 g/mol. The maximum absolute atomic E-state index is 12.4. The Kier molecular flexibility index (Phi) is 4.92. The molecule has 6 nitrogen and oxygen atoms in total. The maximum atomic E-state index is 12.4. The Labute approximate surface area is 169 Å². The zero-order chi connectivity index (χ0) is 20.5. The molecule has 6 heteroatoms. The molecule has 2 aromatic carbocycles. The molecule has 0 N–H and O–H groups in total. The van der Waals surface area contributed by atoms with Crippen molar-refractivity contribution in [2.75, 3.05) is 14.2 Å². The highest BCUT2D eigenvalue weighted by atomic mass is 16.5. The predicted octanol–water partition coefficient (Wildman–Crippen LogP) is 4.26. The largest absolute Gasteiger partial charge is 0.497 e. The minimum atomic E-state index is -0.265. The van der Waals surface area contributed by atoms with Gasteiger partial charge in [-0.25, -0.2) is 5.01 Å². The number of benzene rings is 2. The van der Waals surface area contributed by atoms with Gasteiger partial charge in [0.15, 0.2) is 0 Å². The molecule has 1 atom stereocenters. The average Bonchev–Trinajstić information content (AvgIpc) is 3.18. The van der Waals surface area contributed by atoms with E-state index in [-0.39, 0.29) is 11.9 Å². The third-order valence-corrected chi connectivity index (χ3v) is 5.25. The standard InChI is InChI=1S/C23H23N3O3/c1-14-18(11-16-7-5-6-8-20(16)24-14)21-13-22(26(25-21)15(2)27)19-12-17(28-3)9-10-23(19)29-4/h5-12,22H,13H2,1-4H3. The van der Waals surface area contributed by atoms with Crippen LogP contribution < -0.4 is 9.47 Å². The van der Waals surface area contributed by atoms with E-state index in [4.69, 9.17) is 14.5 Å². The first-order valence-electron chi connectivity index (χ1n) is 9.47. The smallest absolute Gasteiger partial charge is 0.240 e. The second-order valence-corrected chi connectivity index (χ2v) is 7.05. The fourth-order valence-corrected chi connectivity index (χ4v) is 3.81. The van der Waals surface area contributed by atoms with Crippen molar-refractivity contribution < 1.29 is 14.3 Å². The van der Waals surface area contributed by atoms with Crippen LogP contribution in [0.25, 0.3) is 10.9 Å². The van der Waals surface area contributed by atoms with Gasteiger partial charge >= 0.3 is 0 Å². The molecule has 148 valence electrons. The molecule has 0 fully saturated rings. The molecule has 29 heavy (non-hydrogen) atoms. The third kappa shape index (κ3) is 3.42. The number of aromatic nitrogens is 1. The third-order valence-electron chi connectivity index (χ3n) is 5.25. The van der Waals surface area contributed by atoms with Crippen LogP contribution in [-0.2, 0) is 4.79 Å². The second kappa shape index (κ2) is 7.54. The summed E-state index contributed by atoms with van der Waals surface area (Å²) in [4.78, 5) is 17.1. The summed E-state index contributed by atoms with van der Waals surface area (Å²) in [5.41, 5.74) is 4.50. The van der Waals surface area contributed by atoms with Gasteiger partial charge in [-0.3, -0.25) is 9.78 Å². The summed E-state index contributed by atoms with van der Waals surface area (Å²) in [7, 11) is 3.24. The first kappa shape index (κ1) is 18.9. The molecule has 0 bridgehead atoms. The Hall–Kier alpha value is -3.41. The Morgan fingerprint density at radius 3 is 2.62 bits per heavy atom. The summed E-state index contributed by atoms with van der Waals surface area (Å²) in [6.45, 7) is 3.50. The van der Waals surface area contributed by atoms with Crippen molar-refractivity contribution >= 4 is 22.5 Å². The lowest BCUT2D eigenvalue weighted by molar-refractivity contribution is -0.130. The number of hydrogen-bond donors (Lipinski definition) is 0. The van der Waals surface area contributed by atoms with E-state index in [9.17, 15) is 4.79 Å². The monoisotopic (exact) mass is 389 g/mol. The van der Waals surface area contributed by atoms with E-state index in [0.717, 1.165) is 33.4 Å². The van der Waals surface area contributed by atoms with E-state index >= 15 is 0 Å². The molecule has 0 saturated heterocycles. The number of nitrogens with zero attached hydrogens (tertiary/aromatic N) is 3. The van der Waals surface area contributed by atoms with Crippen molar-refractivity contribution in [2.24, 2.45) is 5.10 Å². The molecular weight excluding hydrogens is 366 g/mol. The number of para-hydroxylation sites is 1. The number of hydrogen-bond acceptors (Lipinski definition) is 5. The van der Waals surface area contributed by atoms with Crippen molar-refractivity contribution in [3.05, 3.63) is 65.4 Å². The van der Waals surface area contributed by atoms with Gasteiger partial charge in [0, 0.05) is 35.6 Å². The quantitative estimate of drug-likeness (QED) is 0.669. The summed E-state index contributed by atoms with van der Waals surface area (Å²) in [5.74, 6) is 1.29. The molecular formula is C23H23N3O3. The number of amides is 1. The van der Waals surface area contributed by atoms with Crippen LogP contribution in [0.4, 0.5) is 0 Å². The van der Waals surface area contributed by atoms with E-state index in [1.165, 1.54) is 11.9 Å². The molecule has 3 aromatic rings. The molecule has 1 amide bonds. The minimum Gasteiger partial charge on any atom is -0.497 e. The molecule has 1 unspecified atom stereocenters. The van der Waals surface area contributed by atoms with Crippen LogP contribution in [0.5, 0.6) is 11.5 Å². The summed E-state index contributed by atoms with van der Waals surface area (Å²) in [6, 6.07) is 15.4. The van der Waals surface area contributed by atoms with Gasteiger partial charge in [0.1, 0.15) is 11.5 Å². The minimum absolute atomic E-state index is 0.124.